The Kier molecular flexibility index (Phi) is 5.71. The predicted molar refractivity (Wildman–Crippen MR) is 66.3 cm³/mol. The standard InChI is InChI=1S/C10H13Cl2NS/c11-9-3-2-8(6-10(9)12)7-14-5-1-4-13/h2-3,6H,1,4-5,7,13H2. The topological polar surface area (TPSA) is 26.0 Å². The highest BCUT2D eigenvalue weighted by Gasteiger charge is 1.99. The van der Waals surface area contributed by atoms with E-state index in [1.807, 2.05) is 30.0 Å². The van der Waals surface area contributed by atoms with Gasteiger partial charge in [0.15, 0.2) is 0 Å². The van der Waals surface area contributed by atoms with Crippen LogP contribution in [-0.4, -0.2) is 12.3 Å². The summed E-state index contributed by atoms with van der Waals surface area (Å²) in [5.74, 6) is 2.06. The number of rotatable bonds is 5. The second-order valence-electron chi connectivity index (χ2n) is 2.94. The van der Waals surface area contributed by atoms with Gasteiger partial charge in [0.2, 0.25) is 0 Å². The second kappa shape index (κ2) is 6.57. The van der Waals surface area contributed by atoms with Gasteiger partial charge in [-0.15, -0.1) is 0 Å². The molecule has 0 fully saturated rings. The lowest BCUT2D eigenvalue weighted by Gasteiger charge is -2.02. The van der Waals surface area contributed by atoms with E-state index in [9.17, 15) is 0 Å². The maximum atomic E-state index is 5.89. The van der Waals surface area contributed by atoms with Crippen molar-refractivity contribution in [1.82, 2.24) is 0 Å². The van der Waals surface area contributed by atoms with Gasteiger partial charge < -0.3 is 5.73 Å². The molecule has 78 valence electrons. The molecule has 0 aliphatic rings. The van der Waals surface area contributed by atoms with E-state index in [2.05, 4.69) is 0 Å². The van der Waals surface area contributed by atoms with Crippen molar-refractivity contribution in [3.8, 4) is 0 Å². The first kappa shape index (κ1) is 12.2. The summed E-state index contributed by atoms with van der Waals surface area (Å²) >= 11 is 13.6. The Balaban J connectivity index is 2.39. The van der Waals surface area contributed by atoms with Gasteiger partial charge in [0.25, 0.3) is 0 Å². The Morgan fingerprint density at radius 1 is 1.21 bits per heavy atom. The second-order valence-corrected chi connectivity index (χ2v) is 4.86. The molecule has 0 bridgehead atoms. The molecule has 0 radical (unpaired) electrons. The molecular formula is C10H13Cl2NS. The molecule has 1 nitrogen and oxygen atoms in total. The van der Waals surface area contributed by atoms with Crippen molar-refractivity contribution >= 4 is 35.0 Å². The normalized spacial score (nSPS) is 10.5. The van der Waals surface area contributed by atoms with Crippen molar-refractivity contribution in [3.63, 3.8) is 0 Å². The van der Waals surface area contributed by atoms with Gasteiger partial charge in [-0.25, -0.2) is 0 Å². The molecule has 0 unspecified atom stereocenters. The van der Waals surface area contributed by atoms with Crippen LogP contribution in [-0.2, 0) is 5.75 Å². The molecular weight excluding hydrogens is 237 g/mol. The summed E-state index contributed by atoms with van der Waals surface area (Å²) in [5.41, 5.74) is 6.61. The van der Waals surface area contributed by atoms with E-state index in [1.54, 1.807) is 0 Å². The van der Waals surface area contributed by atoms with Crippen molar-refractivity contribution in [3.05, 3.63) is 33.8 Å². The van der Waals surface area contributed by atoms with Crippen LogP contribution in [0.2, 0.25) is 10.0 Å². The van der Waals surface area contributed by atoms with Crippen LogP contribution in [0.4, 0.5) is 0 Å². The number of thioether (sulfide) groups is 1. The average molecular weight is 250 g/mol. The van der Waals surface area contributed by atoms with Gasteiger partial charge in [-0.3, -0.25) is 0 Å². The monoisotopic (exact) mass is 249 g/mol. The molecule has 0 saturated carbocycles. The smallest absolute Gasteiger partial charge is 0.0595 e. The number of hydrogen-bond donors (Lipinski definition) is 1. The highest BCUT2D eigenvalue weighted by Crippen LogP contribution is 2.24. The Bertz CT molecular complexity index is 291. The quantitative estimate of drug-likeness (QED) is 0.808. The largest absolute Gasteiger partial charge is 0.330 e. The maximum Gasteiger partial charge on any atom is 0.0595 e. The third-order valence-electron chi connectivity index (χ3n) is 1.75. The summed E-state index contributed by atoms with van der Waals surface area (Å²) in [6.07, 6.45) is 1.06. The summed E-state index contributed by atoms with van der Waals surface area (Å²) in [7, 11) is 0. The molecule has 0 amide bonds. The van der Waals surface area contributed by atoms with Crippen molar-refractivity contribution in [1.29, 1.82) is 0 Å². The van der Waals surface area contributed by atoms with Crippen LogP contribution in [0, 0.1) is 0 Å². The predicted octanol–water partition coefficient (Wildman–Crippen LogP) is 3.58. The van der Waals surface area contributed by atoms with Crippen molar-refractivity contribution < 1.29 is 0 Å². The molecule has 0 atom stereocenters. The van der Waals surface area contributed by atoms with Crippen LogP contribution in [0.25, 0.3) is 0 Å². The van der Waals surface area contributed by atoms with E-state index < -0.39 is 0 Å². The molecule has 0 spiro atoms. The minimum atomic E-state index is 0.613. The van der Waals surface area contributed by atoms with Gasteiger partial charge in [-0.05, 0) is 36.4 Å². The highest BCUT2D eigenvalue weighted by atomic mass is 35.5. The summed E-state index contributed by atoms with van der Waals surface area (Å²) < 4.78 is 0. The van der Waals surface area contributed by atoms with Gasteiger partial charge in [-0.1, -0.05) is 29.3 Å². The lowest BCUT2D eigenvalue weighted by Crippen LogP contribution is -1.99. The zero-order valence-corrected chi connectivity index (χ0v) is 10.1. The molecule has 4 heteroatoms. The maximum absolute atomic E-state index is 5.89. The fourth-order valence-electron chi connectivity index (χ4n) is 1.00. The van der Waals surface area contributed by atoms with Gasteiger partial charge in [-0.2, -0.15) is 11.8 Å². The van der Waals surface area contributed by atoms with Crippen LogP contribution in [0.15, 0.2) is 18.2 Å². The Morgan fingerprint density at radius 3 is 2.64 bits per heavy atom. The van der Waals surface area contributed by atoms with E-state index in [4.69, 9.17) is 28.9 Å². The molecule has 1 aromatic carbocycles. The molecule has 1 aromatic rings. The van der Waals surface area contributed by atoms with Crippen LogP contribution in [0.5, 0.6) is 0 Å². The molecule has 0 heterocycles. The molecule has 14 heavy (non-hydrogen) atoms. The minimum absolute atomic E-state index is 0.613. The van der Waals surface area contributed by atoms with Gasteiger partial charge in [0.1, 0.15) is 0 Å². The van der Waals surface area contributed by atoms with Crippen LogP contribution in [0.1, 0.15) is 12.0 Å². The van der Waals surface area contributed by atoms with Crippen LogP contribution < -0.4 is 5.73 Å². The van der Waals surface area contributed by atoms with Crippen molar-refractivity contribution in [2.45, 2.75) is 12.2 Å². The highest BCUT2D eigenvalue weighted by molar-refractivity contribution is 7.98. The summed E-state index contributed by atoms with van der Waals surface area (Å²) in [4.78, 5) is 0. The van der Waals surface area contributed by atoms with E-state index in [0.717, 1.165) is 24.5 Å². The average Bonchev–Trinajstić information content (AvgIpc) is 2.18. The third kappa shape index (κ3) is 4.09. The zero-order chi connectivity index (χ0) is 10.4. The number of hydrogen-bond acceptors (Lipinski definition) is 2. The third-order valence-corrected chi connectivity index (χ3v) is 3.60. The number of halogens is 2. The van der Waals surface area contributed by atoms with Gasteiger partial charge in [0, 0.05) is 5.75 Å². The molecule has 0 saturated heterocycles. The molecule has 2 N–H and O–H groups in total. The first-order chi connectivity index (χ1) is 6.74. The van der Waals surface area contributed by atoms with Crippen LogP contribution >= 0.6 is 35.0 Å². The van der Waals surface area contributed by atoms with E-state index in [-0.39, 0.29) is 0 Å². The SMILES string of the molecule is NCCCSCc1ccc(Cl)c(Cl)c1. The Hall–Kier alpha value is 0.110. The first-order valence-corrected chi connectivity index (χ1v) is 6.37. The van der Waals surface area contributed by atoms with Gasteiger partial charge in [0.05, 0.1) is 10.0 Å². The Labute approximate surface area is 99.0 Å². The molecule has 0 aliphatic heterocycles. The lowest BCUT2D eigenvalue weighted by atomic mass is 10.2. The van der Waals surface area contributed by atoms with E-state index in [0.29, 0.717) is 10.0 Å². The number of nitrogens with two attached hydrogens (primary N) is 1. The first-order valence-electron chi connectivity index (χ1n) is 4.46. The molecule has 1 rings (SSSR count). The van der Waals surface area contributed by atoms with Gasteiger partial charge >= 0.3 is 0 Å². The van der Waals surface area contributed by atoms with E-state index >= 15 is 0 Å². The number of benzene rings is 1. The summed E-state index contributed by atoms with van der Waals surface area (Å²) in [6, 6.07) is 5.76. The molecule has 0 aliphatic carbocycles. The van der Waals surface area contributed by atoms with Crippen molar-refractivity contribution in [2.24, 2.45) is 5.73 Å². The summed E-state index contributed by atoms with van der Waals surface area (Å²) in [6.45, 7) is 0.758. The van der Waals surface area contributed by atoms with E-state index in [1.165, 1.54) is 5.56 Å². The van der Waals surface area contributed by atoms with Crippen LogP contribution in [0.3, 0.4) is 0 Å². The lowest BCUT2D eigenvalue weighted by molar-refractivity contribution is 0.943. The minimum Gasteiger partial charge on any atom is -0.330 e. The summed E-state index contributed by atoms with van der Waals surface area (Å²) in [5, 5.41) is 1.24. The fraction of sp³-hybridized carbons (Fsp3) is 0.400. The fourth-order valence-corrected chi connectivity index (χ4v) is 2.26. The Morgan fingerprint density at radius 2 is 2.00 bits per heavy atom. The molecule has 0 aromatic heterocycles. The van der Waals surface area contributed by atoms with Crippen molar-refractivity contribution in [2.75, 3.05) is 12.3 Å². The zero-order valence-electron chi connectivity index (χ0n) is 7.80.